The highest BCUT2D eigenvalue weighted by atomic mass is 32.2. The molecule has 0 amide bonds. The van der Waals surface area contributed by atoms with Crippen molar-refractivity contribution in [2.45, 2.75) is 17.4 Å². The Labute approximate surface area is 117 Å². The zero-order chi connectivity index (χ0) is 14.8. The Morgan fingerprint density at radius 3 is 2.65 bits per heavy atom. The molecule has 1 aromatic heterocycles. The maximum Gasteiger partial charge on any atom is 0.416 e. The average Bonchev–Trinajstić information content (AvgIpc) is 2.80. The van der Waals surface area contributed by atoms with E-state index in [0.717, 1.165) is 17.8 Å². The van der Waals surface area contributed by atoms with E-state index in [2.05, 4.69) is 10.2 Å². The number of hydrogen-bond acceptors (Lipinski definition) is 4. The van der Waals surface area contributed by atoms with Crippen molar-refractivity contribution in [3.8, 4) is 0 Å². The van der Waals surface area contributed by atoms with Crippen LogP contribution in [0, 0.1) is 0 Å². The van der Waals surface area contributed by atoms with E-state index in [1.807, 2.05) is 0 Å². The molecule has 2 rings (SSSR count). The van der Waals surface area contributed by atoms with Gasteiger partial charge in [-0.1, -0.05) is 30.0 Å². The van der Waals surface area contributed by atoms with Gasteiger partial charge in [0.25, 0.3) is 0 Å². The van der Waals surface area contributed by atoms with Crippen molar-refractivity contribution in [1.82, 2.24) is 14.8 Å². The summed E-state index contributed by atoms with van der Waals surface area (Å²) in [7, 11) is 1.72. The molecule has 0 radical (unpaired) electrons. The van der Waals surface area contributed by atoms with Crippen LogP contribution in [0.2, 0.25) is 0 Å². The van der Waals surface area contributed by atoms with Gasteiger partial charge in [0.05, 0.1) is 11.7 Å². The molecular weight excluding hydrogens is 291 g/mol. The summed E-state index contributed by atoms with van der Waals surface area (Å²) in [5.74, 6) is 0.0691. The Balaban J connectivity index is 2.14. The number of nitrogens with zero attached hydrogens (tertiary/aromatic N) is 3. The van der Waals surface area contributed by atoms with E-state index in [9.17, 15) is 18.3 Å². The molecule has 0 saturated heterocycles. The van der Waals surface area contributed by atoms with Crippen molar-refractivity contribution in [3.05, 3.63) is 41.7 Å². The van der Waals surface area contributed by atoms with Crippen molar-refractivity contribution in [2.75, 3.05) is 5.75 Å². The molecule has 108 valence electrons. The lowest BCUT2D eigenvalue weighted by molar-refractivity contribution is -0.139. The summed E-state index contributed by atoms with van der Waals surface area (Å²) in [6.07, 6.45) is -4.22. The normalized spacial score (nSPS) is 13.4. The van der Waals surface area contributed by atoms with E-state index in [-0.39, 0.29) is 11.3 Å². The number of hydrogen-bond donors (Lipinski definition) is 1. The molecular formula is C12H12F3N3OS. The Hall–Kier alpha value is -1.54. The van der Waals surface area contributed by atoms with Crippen molar-refractivity contribution >= 4 is 11.8 Å². The number of alkyl halides is 3. The number of aliphatic hydroxyl groups excluding tert-OH is 1. The van der Waals surface area contributed by atoms with Gasteiger partial charge < -0.3 is 9.67 Å². The number of thioether (sulfide) groups is 1. The van der Waals surface area contributed by atoms with Crippen LogP contribution in [0.1, 0.15) is 17.2 Å². The molecule has 0 unspecified atom stereocenters. The monoisotopic (exact) mass is 303 g/mol. The first-order valence-corrected chi connectivity index (χ1v) is 6.69. The van der Waals surface area contributed by atoms with Gasteiger partial charge >= 0.3 is 6.18 Å². The standard InChI is InChI=1S/C12H12F3N3OS/c1-18-7-16-17-11(18)20-6-10(19)8-4-2-3-5-9(8)12(13,14)15/h2-5,7,10,19H,6H2,1H3/t10-/m1/s1. The molecule has 0 fully saturated rings. The SMILES string of the molecule is Cn1cnnc1SC[C@@H](O)c1ccccc1C(F)(F)F. The molecule has 0 aliphatic carbocycles. The van der Waals surface area contributed by atoms with Gasteiger partial charge in [-0.05, 0) is 11.6 Å². The number of benzene rings is 1. The van der Waals surface area contributed by atoms with Crippen molar-refractivity contribution in [1.29, 1.82) is 0 Å². The van der Waals surface area contributed by atoms with Gasteiger partial charge in [0.15, 0.2) is 5.16 Å². The maximum atomic E-state index is 12.8. The van der Waals surface area contributed by atoms with Crippen molar-refractivity contribution in [3.63, 3.8) is 0 Å². The molecule has 4 nitrogen and oxygen atoms in total. The minimum atomic E-state index is -4.48. The van der Waals surface area contributed by atoms with Crippen LogP contribution in [-0.2, 0) is 13.2 Å². The molecule has 0 bridgehead atoms. The third kappa shape index (κ3) is 3.31. The highest BCUT2D eigenvalue weighted by molar-refractivity contribution is 7.99. The quantitative estimate of drug-likeness (QED) is 0.882. The Bertz CT molecular complexity index is 585. The van der Waals surface area contributed by atoms with Crippen LogP contribution in [0.25, 0.3) is 0 Å². The molecule has 0 aliphatic heterocycles. The molecule has 0 saturated carbocycles. The Morgan fingerprint density at radius 2 is 2.05 bits per heavy atom. The molecule has 2 aromatic rings. The fraction of sp³-hybridized carbons (Fsp3) is 0.333. The van der Waals surface area contributed by atoms with E-state index < -0.39 is 17.8 Å². The van der Waals surface area contributed by atoms with Crippen LogP contribution < -0.4 is 0 Å². The number of aliphatic hydroxyl groups is 1. The smallest absolute Gasteiger partial charge is 0.388 e. The maximum absolute atomic E-state index is 12.8. The molecule has 0 spiro atoms. The van der Waals surface area contributed by atoms with Gasteiger partial charge in [0, 0.05) is 12.8 Å². The summed E-state index contributed by atoms with van der Waals surface area (Å²) in [4.78, 5) is 0. The van der Waals surface area contributed by atoms with Crippen LogP contribution in [0.5, 0.6) is 0 Å². The third-order valence-electron chi connectivity index (χ3n) is 2.67. The second-order valence-electron chi connectivity index (χ2n) is 4.14. The Morgan fingerprint density at radius 1 is 1.35 bits per heavy atom. The van der Waals surface area contributed by atoms with Crippen LogP contribution in [0.3, 0.4) is 0 Å². The van der Waals surface area contributed by atoms with Gasteiger partial charge in [-0.2, -0.15) is 13.2 Å². The highest BCUT2D eigenvalue weighted by Crippen LogP contribution is 2.35. The minimum Gasteiger partial charge on any atom is -0.388 e. The number of aryl methyl sites for hydroxylation is 1. The molecule has 1 heterocycles. The average molecular weight is 303 g/mol. The summed E-state index contributed by atoms with van der Waals surface area (Å²) in [5, 5.41) is 18.0. The zero-order valence-corrected chi connectivity index (χ0v) is 11.3. The summed E-state index contributed by atoms with van der Waals surface area (Å²) in [5.41, 5.74) is -0.944. The van der Waals surface area contributed by atoms with Gasteiger partial charge in [-0.3, -0.25) is 0 Å². The van der Waals surface area contributed by atoms with E-state index in [1.54, 1.807) is 11.6 Å². The molecule has 8 heteroatoms. The first kappa shape index (κ1) is 14.9. The lowest BCUT2D eigenvalue weighted by Crippen LogP contribution is -2.13. The second-order valence-corrected chi connectivity index (χ2v) is 5.12. The number of aromatic nitrogens is 3. The summed E-state index contributed by atoms with van der Waals surface area (Å²) in [6, 6.07) is 5.02. The molecule has 20 heavy (non-hydrogen) atoms. The third-order valence-corrected chi connectivity index (χ3v) is 3.78. The summed E-state index contributed by atoms with van der Waals surface area (Å²) in [6.45, 7) is 0. The molecule has 1 N–H and O–H groups in total. The molecule has 0 aliphatic rings. The largest absolute Gasteiger partial charge is 0.416 e. The lowest BCUT2D eigenvalue weighted by atomic mass is 10.0. The van der Waals surface area contributed by atoms with E-state index in [4.69, 9.17) is 0 Å². The minimum absolute atomic E-state index is 0.0691. The number of rotatable bonds is 4. The van der Waals surface area contributed by atoms with E-state index in [0.29, 0.717) is 5.16 Å². The lowest BCUT2D eigenvalue weighted by Gasteiger charge is -2.16. The topological polar surface area (TPSA) is 50.9 Å². The fourth-order valence-corrected chi connectivity index (χ4v) is 2.53. The van der Waals surface area contributed by atoms with Crippen molar-refractivity contribution in [2.24, 2.45) is 7.05 Å². The summed E-state index contributed by atoms with van der Waals surface area (Å²) >= 11 is 1.15. The summed E-state index contributed by atoms with van der Waals surface area (Å²) < 4.78 is 40.2. The zero-order valence-electron chi connectivity index (χ0n) is 10.5. The number of halogens is 3. The van der Waals surface area contributed by atoms with E-state index in [1.165, 1.54) is 24.5 Å². The van der Waals surface area contributed by atoms with Crippen LogP contribution >= 0.6 is 11.8 Å². The predicted molar refractivity (Wildman–Crippen MR) is 68.1 cm³/mol. The van der Waals surface area contributed by atoms with Crippen LogP contribution in [0.4, 0.5) is 13.2 Å². The fourth-order valence-electron chi connectivity index (χ4n) is 1.69. The van der Waals surface area contributed by atoms with Crippen LogP contribution in [-0.4, -0.2) is 25.6 Å². The highest BCUT2D eigenvalue weighted by Gasteiger charge is 2.34. The molecule has 1 atom stereocenters. The first-order chi connectivity index (χ1) is 9.39. The molecule has 1 aromatic carbocycles. The Kier molecular flexibility index (Phi) is 4.34. The first-order valence-electron chi connectivity index (χ1n) is 5.70. The van der Waals surface area contributed by atoms with Crippen LogP contribution in [0.15, 0.2) is 35.7 Å². The second kappa shape index (κ2) is 5.84. The van der Waals surface area contributed by atoms with E-state index >= 15 is 0 Å². The van der Waals surface area contributed by atoms with Gasteiger partial charge in [-0.25, -0.2) is 0 Å². The van der Waals surface area contributed by atoms with Gasteiger partial charge in [0.2, 0.25) is 0 Å². The predicted octanol–water partition coefficient (Wildman–Crippen LogP) is 2.66. The van der Waals surface area contributed by atoms with Gasteiger partial charge in [-0.15, -0.1) is 10.2 Å². The van der Waals surface area contributed by atoms with Gasteiger partial charge in [0.1, 0.15) is 6.33 Å². The van der Waals surface area contributed by atoms with Crippen molar-refractivity contribution < 1.29 is 18.3 Å².